The van der Waals surface area contributed by atoms with Crippen LogP contribution in [0.1, 0.15) is 101 Å². The predicted molar refractivity (Wildman–Crippen MR) is 137 cm³/mol. The third-order valence-electron chi connectivity index (χ3n) is 8.00. The molecule has 8 nitrogen and oxygen atoms in total. The van der Waals surface area contributed by atoms with Crippen LogP contribution in [0.2, 0.25) is 0 Å². The topological polar surface area (TPSA) is 112 Å². The third-order valence-corrected chi connectivity index (χ3v) is 8.00. The van der Waals surface area contributed by atoms with E-state index in [4.69, 9.17) is 18.9 Å². The molecule has 0 spiro atoms. The highest BCUT2D eigenvalue weighted by molar-refractivity contribution is 5.74. The van der Waals surface area contributed by atoms with Crippen LogP contribution in [-0.2, 0) is 19.1 Å². The van der Waals surface area contributed by atoms with Crippen molar-refractivity contribution in [2.45, 2.75) is 110 Å². The van der Waals surface area contributed by atoms with Gasteiger partial charge in [0.25, 0.3) is 0 Å². The second kappa shape index (κ2) is 10.8. The molecule has 0 bridgehead atoms. The van der Waals surface area contributed by atoms with Crippen LogP contribution in [0.4, 0.5) is 0 Å². The van der Waals surface area contributed by atoms with Gasteiger partial charge in [0, 0.05) is 25.3 Å². The quantitative estimate of drug-likeness (QED) is 0.337. The molecule has 1 fully saturated rings. The van der Waals surface area contributed by atoms with E-state index in [-0.39, 0.29) is 18.4 Å². The van der Waals surface area contributed by atoms with Gasteiger partial charge in [0.2, 0.25) is 6.29 Å². The Bertz CT molecular complexity index is 1090. The van der Waals surface area contributed by atoms with Crippen molar-refractivity contribution in [2.75, 3.05) is 6.61 Å². The monoisotopic (exact) mass is 516 g/mol. The van der Waals surface area contributed by atoms with E-state index >= 15 is 0 Å². The zero-order valence-corrected chi connectivity index (χ0v) is 22.9. The molecule has 3 aliphatic rings. The van der Waals surface area contributed by atoms with Gasteiger partial charge in [-0.25, -0.2) is 0 Å². The average Bonchev–Trinajstić information content (AvgIpc) is 2.79. The highest BCUT2D eigenvalue weighted by Crippen LogP contribution is 2.58. The normalized spacial score (nSPS) is 32.7. The fourth-order valence-corrected chi connectivity index (χ4v) is 6.47. The molecule has 8 heteroatoms. The molecule has 2 N–H and O–H groups in total. The number of carbonyl (C=O) groups is 2. The predicted octanol–water partition coefficient (Wildman–Crippen LogP) is 4.38. The summed E-state index contributed by atoms with van der Waals surface area (Å²) < 4.78 is 22.9. The van der Waals surface area contributed by atoms with Crippen molar-refractivity contribution in [1.29, 1.82) is 0 Å². The summed E-state index contributed by atoms with van der Waals surface area (Å²) in [7, 11) is 0. The zero-order chi connectivity index (χ0) is 27.2. The van der Waals surface area contributed by atoms with Gasteiger partial charge >= 0.3 is 11.9 Å². The maximum atomic E-state index is 12.3. The van der Waals surface area contributed by atoms with Gasteiger partial charge < -0.3 is 29.2 Å². The molecule has 2 aliphatic carbocycles. The maximum Gasteiger partial charge on any atom is 0.308 e. The van der Waals surface area contributed by atoms with Gasteiger partial charge in [-0.05, 0) is 74.5 Å². The molecule has 0 aromatic heterocycles. The van der Waals surface area contributed by atoms with Crippen LogP contribution in [0.3, 0.4) is 0 Å². The minimum Gasteiger partial charge on any atom is -0.458 e. The highest BCUT2D eigenvalue weighted by Gasteiger charge is 2.45. The van der Waals surface area contributed by atoms with Crippen molar-refractivity contribution in [3.8, 4) is 11.5 Å². The van der Waals surface area contributed by atoms with Crippen LogP contribution >= 0.6 is 0 Å². The maximum absolute atomic E-state index is 12.3. The molecule has 0 amide bonds. The lowest BCUT2D eigenvalue weighted by Crippen LogP contribution is -2.56. The number of esters is 2. The Morgan fingerprint density at radius 3 is 2.27 bits per heavy atom. The van der Waals surface area contributed by atoms with Crippen molar-refractivity contribution in [1.82, 2.24) is 0 Å². The number of carbonyl (C=O) groups excluding carboxylic acids is 2. The lowest BCUT2D eigenvalue weighted by atomic mass is 9.62. The van der Waals surface area contributed by atoms with Crippen LogP contribution in [0.5, 0.6) is 11.5 Å². The van der Waals surface area contributed by atoms with Crippen LogP contribution in [0.25, 0.3) is 0 Å². The number of ether oxygens (including phenoxy) is 4. The number of hydrogen-bond donors (Lipinski definition) is 2. The number of benzene rings is 1. The standard InChI is InChI=1S/C29H40O8/c1-13(2)10-19-11-15(4)20-9-8-14(3)22-24(20)23(19)16(5)27(28(22)36-18(7)31)37-29-26(33)25(32)21(12-34-29)35-17(6)30/h10,14-15,19-21,25-26,29,32-33H,8-9,11-12H2,1-7H3/t14-,15+,19+,20+,21-,25+,26-,29+/m0/s1. The Labute approximate surface area is 218 Å². The van der Waals surface area contributed by atoms with Crippen molar-refractivity contribution < 1.29 is 38.7 Å². The van der Waals surface area contributed by atoms with Crippen LogP contribution < -0.4 is 9.47 Å². The summed E-state index contributed by atoms with van der Waals surface area (Å²) in [5.74, 6) is 0.860. The van der Waals surface area contributed by atoms with Crippen molar-refractivity contribution in [2.24, 2.45) is 5.92 Å². The van der Waals surface area contributed by atoms with Crippen LogP contribution in [0.15, 0.2) is 11.6 Å². The summed E-state index contributed by atoms with van der Waals surface area (Å²) in [4.78, 5) is 23.7. The summed E-state index contributed by atoms with van der Waals surface area (Å²) in [5, 5.41) is 21.4. The first-order chi connectivity index (χ1) is 17.4. The number of aliphatic hydroxyl groups is 2. The first-order valence-electron chi connectivity index (χ1n) is 13.3. The largest absolute Gasteiger partial charge is 0.458 e. The molecule has 1 heterocycles. The fourth-order valence-electron chi connectivity index (χ4n) is 6.47. The van der Waals surface area contributed by atoms with E-state index in [9.17, 15) is 19.8 Å². The molecule has 0 saturated carbocycles. The molecular formula is C29H40O8. The molecular weight excluding hydrogens is 476 g/mol. The Balaban J connectivity index is 1.85. The summed E-state index contributed by atoms with van der Waals surface area (Å²) in [6.45, 7) is 13.1. The first-order valence-corrected chi connectivity index (χ1v) is 13.3. The molecule has 1 aromatic rings. The SMILES string of the molecule is CC(=O)Oc1c(O[C@H]2OC[C@H](OC(C)=O)[C@@H](O)[C@@H]2O)c(C)c2c3c1[C@@H](C)CC[C@@H]3[C@H](C)C[C@H]2C=C(C)C. The lowest BCUT2D eigenvalue weighted by molar-refractivity contribution is -0.248. The Morgan fingerprint density at radius 2 is 1.65 bits per heavy atom. The number of allylic oxidation sites excluding steroid dienone is 2. The summed E-state index contributed by atoms with van der Waals surface area (Å²) in [6, 6.07) is 0. The zero-order valence-electron chi connectivity index (χ0n) is 22.9. The minimum atomic E-state index is -1.48. The number of rotatable bonds is 5. The van der Waals surface area contributed by atoms with Crippen molar-refractivity contribution in [3.63, 3.8) is 0 Å². The fraction of sp³-hybridized carbons (Fsp3) is 0.655. The molecule has 4 rings (SSSR count). The third kappa shape index (κ3) is 5.29. The average molecular weight is 517 g/mol. The molecule has 37 heavy (non-hydrogen) atoms. The molecule has 1 aromatic carbocycles. The summed E-state index contributed by atoms with van der Waals surface area (Å²) in [5.41, 5.74) is 5.52. The van der Waals surface area contributed by atoms with Crippen LogP contribution in [-0.4, -0.2) is 53.4 Å². The Morgan fingerprint density at radius 1 is 0.946 bits per heavy atom. The van der Waals surface area contributed by atoms with Gasteiger partial charge in [0.1, 0.15) is 12.2 Å². The highest BCUT2D eigenvalue weighted by atomic mass is 16.7. The molecule has 1 saturated heterocycles. The van der Waals surface area contributed by atoms with Crippen molar-refractivity contribution >= 4 is 11.9 Å². The van der Waals surface area contributed by atoms with E-state index in [1.54, 1.807) is 0 Å². The Hall–Kier alpha value is -2.42. The smallest absolute Gasteiger partial charge is 0.308 e. The van der Waals surface area contributed by atoms with Crippen LogP contribution in [0, 0.1) is 12.8 Å². The van der Waals surface area contributed by atoms with Gasteiger partial charge in [-0.1, -0.05) is 25.5 Å². The van der Waals surface area contributed by atoms with E-state index in [0.29, 0.717) is 23.3 Å². The lowest BCUT2D eigenvalue weighted by Gasteiger charge is -2.44. The van der Waals surface area contributed by atoms with E-state index in [2.05, 4.69) is 33.8 Å². The van der Waals surface area contributed by atoms with E-state index in [1.807, 2.05) is 6.92 Å². The van der Waals surface area contributed by atoms with Crippen molar-refractivity contribution in [3.05, 3.63) is 33.9 Å². The molecule has 204 valence electrons. The van der Waals surface area contributed by atoms with Gasteiger partial charge in [0.05, 0.1) is 6.61 Å². The van der Waals surface area contributed by atoms with Gasteiger partial charge in [-0.15, -0.1) is 0 Å². The summed E-state index contributed by atoms with van der Waals surface area (Å²) >= 11 is 0. The Kier molecular flexibility index (Phi) is 8.02. The number of aliphatic hydroxyl groups excluding tert-OH is 2. The molecule has 0 radical (unpaired) electrons. The molecule has 0 unspecified atom stereocenters. The van der Waals surface area contributed by atoms with Gasteiger partial charge in [-0.3, -0.25) is 9.59 Å². The van der Waals surface area contributed by atoms with E-state index < -0.39 is 36.5 Å². The first kappa shape index (κ1) is 27.6. The second-order valence-corrected chi connectivity index (χ2v) is 11.2. The van der Waals surface area contributed by atoms with E-state index in [1.165, 1.54) is 30.5 Å². The van der Waals surface area contributed by atoms with E-state index in [0.717, 1.165) is 30.4 Å². The summed E-state index contributed by atoms with van der Waals surface area (Å²) in [6.07, 6.45) is 0.245. The molecule has 1 aliphatic heterocycles. The van der Waals surface area contributed by atoms with Gasteiger partial charge in [-0.2, -0.15) is 0 Å². The molecule has 8 atom stereocenters. The minimum absolute atomic E-state index is 0.140. The second-order valence-electron chi connectivity index (χ2n) is 11.2. The van der Waals surface area contributed by atoms with Gasteiger partial charge in [0.15, 0.2) is 17.6 Å². The number of hydrogen-bond acceptors (Lipinski definition) is 8.